The van der Waals surface area contributed by atoms with Crippen LogP contribution in [0.25, 0.3) is 0 Å². The molecule has 1 aliphatic heterocycles. The molecule has 21 nitrogen and oxygen atoms in total. The topological polar surface area (TPSA) is 277 Å². The fourth-order valence-corrected chi connectivity index (χ4v) is 7.67. The summed E-state index contributed by atoms with van der Waals surface area (Å²) in [6.45, 7) is 21.3. The van der Waals surface area contributed by atoms with E-state index < -0.39 is 52.7 Å². The third kappa shape index (κ3) is 29.7. The van der Waals surface area contributed by atoms with E-state index in [-0.39, 0.29) is 120 Å². The zero-order valence-corrected chi connectivity index (χ0v) is 43.5. The molecule has 0 aromatic rings. The maximum atomic E-state index is 13.7. The molecule has 1 saturated heterocycles. The highest BCUT2D eigenvalue weighted by Crippen LogP contribution is 2.25. The van der Waals surface area contributed by atoms with Crippen molar-refractivity contribution in [3.05, 3.63) is 0 Å². The predicted molar refractivity (Wildman–Crippen MR) is 260 cm³/mol. The van der Waals surface area contributed by atoms with Gasteiger partial charge in [-0.1, -0.05) is 62.3 Å². The number of methoxy groups -OCH3 is 1. The Morgan fingerprint density at radius 1 is 0.565 bits per heavy atom. The number of rotatable bonds is 33. The highest BCUT2D eigenvalue weighted by Gasteiger charge is 2.31. The van der Waals surface area contributed by atoms with Gasteiger partial charge in [-0.15, -0.1) is 0 Å². The summed E-state index contributed by atoms with van der Waals surface area (Å²) in [7, 11) is 1.65. The molecule has 1 fully saturated rings. The number of unbranched alkanes of at least 4 members (excludes halogenated alkanes) is 1. The Labute approximate surface area is 410 Å². The smallest absolute Gasteiger partial charge is 0.320 e. The third-order valence-electron chi connectivity index (χ3n) is 12.1. The van der Waals surface area contributed by atoms with E-state index in [1.165, 1.54) is 0 Å². The molecule has 1 heterocycles. The monoisotopic (exact) mass is 988 g/mol. The lowest BCUT2D eigenvalue weighted by atomic mass is 9.89. The number of carboxylic acids is 4. The number of carbonyl (C=O) groups is 7. The minimum Gasteiger partial charge on any atom is -0.480 e. The number of nitrogens with zero attached hydrogens (tertiary/aromatic N) is 4. The van der Waals surface area contributed by atoms with Gasteiger partial charge in [-0.25, -0.2) is 0 Å². The Hall–Kier alpha value is -3.99. The lowest BCUT2D eigenvalue weighted by Crippen LogP contribution is -2.52. The van der Waals surface area contributed by atoms with Crippen LogP contribution in [0, 0.1) is 21.7 Å². The van der Waals surface area contributed by atoms with Gasteiger partial charge in [0.15, 0.2) is 0 Å². The molecule has 0 spiro atoms. The lowest BCUT2D eigenvalue weighted by molar-refractivity contribution is -0.145. The molecule has 7 N–H and O–H groups in total. The number of amides is 3. The summed E-state index contributed by atoms with van der Waals surface area (Å²) < 4.78 is 17.3. The number of nitrogens with one attached hydrogen (secondary N) is 3. The minimum absolute atomic E-state index is 0.00748. The number of carboxylic acid groups (broad SMARTS) is 4. The highest BCUT2D eigenvalue weighted by molar-refractivity contribution is 5.87. The highest BCUT2D eigenvalue weighted by atomic mass is 16.5. The Kier molecular flexibility index (Phi) is 28.7. The van der Waals surface area contributed by atoms with Crippen LogP contribution in [0.1, 0.15) is 107 Å². The largest absolute Gasteiger partial charge is 0.480 e. The van der Waals surface area contributed by atoms with Gasteiger partial charge in [0.2, 0.25) is 17.7 Å². The first-order chi connectivity index (χ1) is 32.1. The zero-order chi connectivity index (χ0) is 52.4. The Morgan fingerprint density at radius 3 is 1.49 bits per heavy atom. The van der Waals surface area contributed by atoms with E-state index in [0.717, 1.165) is 6.42 Å². The first-order valence-corrected chi connectivity index (χ1v) is 24.4. The standard InChI is InChI=1S/C48H89N7O14/c1-11-45(2,3)32-68-33-46(4,5)26-39(57)51-36(43(64)50-30-47(6,7)34-69-35-48(8,9)31-67-10)14-12-13-17-49-38(56)16-15-37(44(65)66)55-24-22-53(28-41(60)61)20-18-52(27-40(58)59)19-21-54(23-25-55)29-42(62)63/h36-37H,11-35H2,1-10H3,(H,49,56)(H,50,64)(H,51,57)(H,58,59)(H,60,61)(H,62,63)(H,65,66)/t36-,37?/m1/s1. The maximum absolute atomic E-state index is 13.7. The first kappa shape index (κ1) is 63.0. The van der Waals surface area contributed by atoms with Gasteiger partial charge in [-0.2, -0.15) is 0 Å². The zero-order valence-electron chi connectivity index (χ0n) is 43.5. The molecule has 3 amide bonds. The SMILES string of the molecule is CCC(C)(C)COCC(C)(C)CC(=O)N[C@H](CCCCNC(=O)CCC(C(=O)O)N1CCN(CC(=O)O)CCN(CC(=O)O)CCN(CC(=O)O)CC1)C(=O)NCC(C)(C)COCC(C)(C)COC. The molecule has 0 aliphatic carbocycles. The van der Waals surface area contributed by atoms with Gasteiger partial charge in [0, 0.05) is 96.2 Å². The Bertz CT molecular complexity index is 1580. The van der Waals surface area contributed by atoms with Crippen molar-refractivity contribution in [3.8, 4) is 0 Å². The molecule has 2 atom stereocenters. The molecule has 0 aromatic carbocycles. The van der Waals surface area contributed by atoms with Crippen LogP contribution in [0.4, 0.5) is 0 Å². The molecule has 0 bridgehead atoms. The molecular formula is C48H89N7O14. The Balaban J connectivity index is 3.00. The average Bonchev–Trinajstić information content (AvgIpc) is 3.21. The van der Waals surface area contributed by atoms with Gasteiger partial charge in [0.05, 0.1) is 52.7 Å². The van der Waals surface area contributed by atoms with Gasteiger partial charge in [0.25, 0.3) is 0 Å². The molecular weight excluding hydrogens is 899 g/mol. The van der Waals surface area contributed by atoms with Crippen molar-refractivity contribution in [2.24, 2.45) is 21.7 Å². The molecule has 1 unspecified atom stereocenters. The van der Waals surface area contributed by atoms with E-state index in [9.17, 15) is 54.0 Å². The second kappa shape index (κ2) is 31.4. The normalized spacial score (nSPS) is 16.7. The second-order valence-corrected chi connectivity index (χ2v) is 21.7. The van der Waals surface area contributed by atoms with E-state index in [1.54, 1.807) is 26.7 Å². The van der Waals surface area contributed by atoms with Gasteiger partial charge < -0.3 is 50.6 Å². The van der Waals surface area contributed by atoms with E-state index in [4.69, 9.17) is 14.2 Å². The fourth-order valence-electron chi connectivity index (χ4n) is 7.67. The van der Waals surface area contributed by atoms with Crippen molar-refractivity contribution in [2.75, 3.05) is 125 Å². The van der Waals surface area contributed by atoms with Crippen LogP contribution < -0.4 is 16.0 Å². The summed E-state index contributed by atoms with van der Waals surface area (Å²) in [5.41, 5.74) is -1.08. The van der Waals surface area contributed by atoms with E-state index in [2.05, 4.69) is 36.7 Å². The lowest BCUT2D eigenvalue weighted by Gasteiger charge is -2.35. The summed E-state index contributed by atoms with van der Waals surface area (Å²) in [6, 6.07) is -2.00. The van der Waals surface area contributed by atoms with E-state index >= 15 is 0 Å². The summed E-state index contributed by atoms with van der Waals surface area (Å²) in [5.74, 6) is -5.49. The van der Waals surface area contributed by atoms with Gasteiger partial charge in [-0.3, -0.25) is 53.2 Å². The molecule has 0 radical (unpaired) electrons. The van der Waals surface area contributed by atoms with Crippen LogP contribution in [-0.4, -0.2) is 219 Å². The number of hydrogen-bond donors (Lipinski definition) is 7. The molecule has 400 valence electrons. The molecule has 0 aromatic heterocycles. The molecule has 1 aliphatic rings. The maximum Gasteiger partial charge on any atom is 0.320 e. The van der Waals surface area contributed by atoms with Crippen molar-refractivity contribution < 1.29 is 68.2 Å². The van der Waals surface area contributed by atoms with Crippen LogP contribution in [0.5, 0.6) is 0 Å². The summed E-state index contributed by atoms with van der Waals surface area (Å²) in [4.78, 5) is 94.3. The summed E-state index contributed by atoms with van der Waals surface area (Å²) in [5, 5.41) is 47.7. The molecule has 1 rings (SSSR count). The summed E-state index contributed by atoms with van der Waals surface area (Å²) >= 11 is 0. The number of hydrogen-bond acceptors (Lipinski definition) is 14. The third-order valence-corrected chi connectivity index (χ3v) is 12.1. The van der Waals surface area contributed by atoms with Crippen LogP contribution in [0.15, 0.2) is 0 Å². The van der Waals surface area contributed by atoms with Gasteiger partial charge >= 0.3 is 23.9 Å². The minimum atomic E-state index is -1.19. The van der Waals surface area contributed by atoms with E-state index in [0.29, 0.717) is 58.8 Å². The molecule has 0 saturated carbocycles. The molecule has 69 heavy (non-hydrogen) atoms. The summed E-state index contributed by atoms with van der Waals surface area (Å²) in [6.07, 6.45) is 2.09. The van der Waals surface area contributed by atoms with Crippen molar-refractivity contribution in [2.45, 2.75) is 119 Å². The number of ether oxygens (including phenoxy) is 3. The van der Waals surface area contributed by atoms with E-state index in [1.807, 2.05) is 41.5 Å². The van der Waals surface area contributed by atoms with Crippen LogP contribution in [0.2, 0.25) is 0 Å². The molecule has 21 heteroatoms. The second-order valence-electron chi connectivity index (χ2n) is 21.7. The van der Waals surface area contributed by atoms with Crippen molar-refractivity contribution in [1.29, 1.82) is 0 Å². The van der Waals surface area contributed by atoms with Crippen LogP contribution in [-0.2, 0) is 47.8 Å². The predicted octanol–water partition coefficient (Wildman–Crippen LogP) is 2.17. The van der Waals surface area contributed by atoms with Gasteiger partial charge in [0.1, 0.15) is 12.1 Å². The van der Waals surface area contributed by atoms with Crippen LogP contribution >= 0.6 is 0 Å². The van der Waals surface area contributed by atoms with Crippen LogP contribution in [0.3, 0.4) is 0 Å². The average molecular weight is 988 g/mol. The number of carbonyl (C=O) groups excluding carboxylic acids is 3. The fraction of sp³-hybridized carbons (Fsp3) is 0.854. The van der Waals surface area contributed by atoms with Crippen molar-refractivity contribution in [1.82, 2.24) is 35.6 Å². The van der Waals surface area contributed by atoms with Crippen molar-refractivity contribution in [3.63, 3.8) is 0 Å². The number of aliphatic carboxylic acids is 4. The van der Waals surface area contributed by atoms with Crippen molar-refractivity contribution >= 4 is 41.6 Å². The van der Waals surface area contributed by atoms with Gasteiger partial charge in [-0.05, 0) is 42.9 Å². The Morgan fingerprint density at radius 2 is 1.03 bits per heavy atom. The first-order valence-electron chi connectivity index (χ1n) is 24.4. The quantitative estimate of drug-likeness (QED) is 0.0464.